The number of anilines is 2. The highest BCUT2D eigenvalue weighted by atomic mass is 79.9. The van der Waals surface area contributed by atoms with Gasteiger partial charge in [0.05, 0.1) is 0 Å². The molecule has 0 aromatic heterocycles. The van der Waals surface area contributed by atoms with Crippen LogP contribution >= 0.6 is 15.9 Å². The number of rotatable bonds is 7. The molecule has 0 saturated carbocycles. The molecule has 2 N–H and O–H groups in total. The van der Waals surface area contributed by atoms with Gasteiger partial charge in [0.25, 0.3) is 11.8 Å². The van der Waals surface area contributed by atoms with Gasteiger partial charge in [0.2, 0.25) is 0 Å². The molecule has 33 heavy (non-hydrogen) atoms. The van der Waals surface area contributed by atoms with Crippen molar-refractivity contribution in [2.45, 2.75) is 13.8 Å². The van der Waals surface area contributed by atoms with E-state index in [-0.39, 0.29) is 18.1 Å². The number of halogens is 1. The summed E-state index contributed by atoms with van der Waals surface area (Å²) in [5, 5.41) is 15.1. The minimum atomic E-state index is -0.537. The molecule has 0 bridgehead atoms. The molecular formula is C26H22BrN3O3. The van der Waals surface area contributed by atoms with Crippen LogP contribution in [0.1, 0.15) is 16.7 Å². The van der Waals surface area contributed by atoms with Crippen molar-refractivity contribution in [3.05, 3.63) is 93.5 Å². The van der Waals surface area contributed by atoms with Gasteiger partial charge >= 0.3 is 0 Å². The molecule has 0 aliphatic heterocycles. The molecule has 7 heteroatoms. The van der Waals surface area contributed by atoms with Gasteiger partial charge in [-0.3, -0.25) is 9.59 Å². The van der Waals surface area contributed by atoms with Gasteiger partial charge in [-0.05, 0) is 61.9 Å². The maximum absolute atomic E-state index is 12.6. The highest BCUT2D eigenvalue weighted by molar-refractivity contribution is 9.10. The summed E-state index contributed by atoms with van der Waals surface area (Å²) >= 11 is 3.39. The van der Waals surface area contributed by atoms with E-state index in [1.807, 2.05) is 56.3 Å². The van der Waals surface area contributed by atoms with E-state index in [2.05, 4.69) is 26.6 Å². The van der Waals surface area contributed by atoms with Gasteiger partial charge < -0.3 is 15.4 Å². The fourth-order valence-corrected chi connectivity index (χ4v) is 3.32. The third kappa shape index (κ3) is 6.79. The fourth-order valence-electron chi connectivity index (χ4n) is 2.95. The summed E-state index contributed by atoms with van der Waals surface area (Å²) in [6.07, 6.45) is 1.43. The van der Waals surface area contributed by atoms with Crippen LogP contribution in [-0.2, 0) is 9.59 Å². The first-order valence-electron chi connectivity index (χ1n) is 10.1. The Hall–Kier alpha value is -3.89. The van der Waals surface area contributed by atoms with E-state index in [0.717, 1.165) is 15.6 Å². The third-order valence-corrected chi connectivity index (χ3v) is 5.22. The van der Waals surface area contributed by atoms with Crippen LogP contribution < -0.4 is 15.4 Å². The number of benzene rings is 3. The number of aryl methyl sites for hydroxylation is 2. The van der Waals surface area contributed by atoms with Crippen molar-refractivity contribution in [3.8, 4) is 11.8 Å². The Bertz CT molecular complexity index is 1240. The second kappa shape index (κ2) is 11.1. The SMILES string of the molecule is Cc1ccc(NC(=O)/C(C#N)=C\c2cc(Br)ccc2OCC(=O)Nc2ccccc2C)cc1. The number of nitrogens with one attached hydrogen (secondary N) is 2. The monoisotopic (exact) mass is 503 g/mol. The molecule has 0 fully saturated rings. The van der Waals surface area contributed by atoms with Crippen molar-refractivity contribution in [1.82, 2.24) is 0 Å². The van der Waals surface area contributed by atoms with Crippen LogP contribution in [0.4, 0.5) is 11.4 Å². The van der Waals surface area contributed by atoms with Crippen LogP contribution in [0.5, 0.6) is 5.75 Å². The maximum Gasteiger partial charge on any atom is 0.266 e. The molecule has 0 saturated heterocycles. The van der Waals surface area contributed by atoms with Crippen molar-refractivity contribution >= 4 is 45.2 Å². The summed E-state index contributed by atoms with van der Waals surface area (Å²) in [6.45, 7) is 3.62. The van der Waals surface area contributed by atoms with Crippen LogP contribution in [0.3, 0.4) is 0 Å². The molecule has 2 amide bonds. The predicted octanol–water partition coefficient (Wildman–Crippen LogP) is 5.63. The summed E-state index contributed by atoms with van der Waals surface area (Å²) in [7, 11) is 0. The van der Waals surface area contributed by atoms with Gasteiger partial charge in [0, 0.05) is 21.4 Å². The van der Waals surface area contributed by atoms with Gasteiger partial charge in [-0.15, -0.1) is 0 Å². The number of ether oxygens (including phenoxy) is 1. The predicted molar refractivity (Wildman–Crippen MR) is 133 cm³/mol. The third-order valence-electron chi connectivity index (χ3n) is 4.72. The van der Waals surface area contributed by atoms with Crippen molar-refractivity contribution < 1.29 is 14.3 Å². The van der Waals surface area contributed by atoms with Crippen LogP contribution in [-0.4, -0.2) is 18.4 Å². The van der Waals surface area contributed by atoms with Crippen LogP contribution in [0.25, 0.3) is 6.08 Å². The van der Waals surface area contributed by atoms with E-state index in [4.69, 9.17) is 4.74 Å². The Kier molecular flexibility index (Phi) is 8.01. The van der Waals surface area contributed by atoms with E-state index < -0.39 is 5.91 Å². The van der Waals surface area contributed by atoms with E-state index in [9.17, 15) is 14.9 Å². The quantitative estimate of drug-likeness (QED) is 0.322. The van der Waals surface area contributed by atoms with Crippen LogP contribution in [0.2, 0.25) is 0 Å². The molecule has 0 atom stereocenters. The van der Waals surface area contributed by atoms with Crippen LogP contribution in [0.15, 0.2) is 76.8 Å². The van der Waals surface area contributed by atoms with Crippen molar-refractivity contribution in [2.75, 3.05) is 17.2 Å². The standard InChI is InChI=1S/C26H22BrN3O3/c1-17-7-10-22(11-8-17)29-26(32)20(15-28)13-19-14-21(27)9-12-24(19)33-16-25(31)30-23-6-4-3-5-18(23)2/h3-14H,16H2,1-2H3,(H,29,32)(H,30,31)/b20-13-. The molecular weight excluding hydrogens is 482 g/mol. The molecule has 166 valence electrons. The topological polar surface area (TPSA) is 91.2 Å². The Morgan fingerprint density at radius 3 is 2.45 bits per heavy atom. The largest absolute Gasteiger partial charge is 0.483 e. The van der Waals surface area contributed by atoms with E-state index in [0.29, 0.717) is 22.7 Å². The van der Waals surface area contributed by atoms with Gasteiger partial charge in [-0.2, -0.15) is 5.26 Å². The van der Waals surface area contributed by atoms with Crippen molar-refractivity contribution in [2.24, 2.45) is 0 Å². The first kappa shape index (κ1) is 23.8. The smallest absolute Gasteiger partial charge is 0.266 e. The summed E-state index contributed by atoms with van der Waals surface area (Å²) in [5.41, 5.74) is 3.70. The fraction of sp³-hybridized carbons (Fsp3) is 0.115. The zero-order valence-electron chi connectivity index (χ0n) is 18.2. The molecule has 3 aromatic carbocycles. The Morgan fingerprint density at radius 1 is 1.03 bits per heavy atom. The molecule has 0 unspecified atom stereocenters. The normalized spacial score (nSPS) is 10.8. The average Bonchev–Trinajstić information content (AvgIpc) is 2.79. The average molecular weight is 504 g/mol. The number of nitrogens with zero attached hydrogens (tertiary/aromatic N) is 1. The lowest BCUT2D eigenvalue weighted by Gasteiger charge is -2.12. The second-order valence-electron chi connectivity index (χ2n) is 7.32. The Labute approximate surface area is 201 Å². The summed E-state index contributed by atoms with van der Waals surface area (Å²) in [6, 6.07) is 21.8. The lowest BCUT2D eigenvalue weighted by atomic mass is 10.1. The number of para-hydroxylation sites is 1. The maximum atomic E-state index is 12.6. The zero-order valence-corrected chi connectivity index (χ0v) is 19.8. The van der Waals surface area contributed by atoms with Crippen molar-refractivity contribution in [1.29, 1.82) is 5.26 Å². The number of carbonyl (C=O) groups excluding carboxylic acids is 2. The number of carbonyl (C=O) groups is 2. The summed E-state index contributed by atoms with van der Waals surface area (Å²) in [4.78, 5) is 25.0. The highest BCUT2D eigenvalue weighted by Crippen LogP contribution is 2.26. The summed E-state index contributed by atoms with van der Waals surface area (Å²) < 4.78 is 6.44. The Morgan fingerprint density at radius 2 is 1.76 bits per heavy atom. The van der Waals surface area contributed by atoms with Crippen molar-refractivity contribution in [3.63, 3.8) is 0 Å². The van der Waals surface area contributed by atoms with Gasteiger partial charge in [-0.25, -0.2) is 0 Å². The lowest BCUT2D eigenvalue weighted by molar-refractivity contribution is -0.118. The highest BCUT2D eigenvalue weighted by Gasteiger charge is 2.13. The number of nitriles is 1. The zero-order chi connectivity index (χ0) is 23.8. The van der Waals surface area contributed by atoms with E-state index >= 15 is 0 Å². The van der Waals surface area contributed by atoms with E-state index in [1.54, 1.807) is 30.3 Å². The molecule has 0 radical (unpaired) electrons. The first-order chi connectivity index (χ1) is 15.9. The minimum Gasteiger partial charge on any atom is -0.483 e. The number of hydrogen-bond acceptors (Lipinski definition) is 4. The molecule has 3 aromatic rings. The molecule has 0 aliphatic carbocycles. The minimum absolute atomic E-state index is 0.0945. The van der Waals surface area contributed by atoms with Gasteiger partial charge in [-0.1, -0.05) is 51.8 Å². The molecule has 0 spiro atoms. The molecule has 0 heterocycles. The Balaban J connectivity index is 1.75. The number of amides is 2. The van der Waals surface area contributed by atoms with Gasteiger partial charge in [0.15, 0.2) is 6.61 Å². The molecule has 3 rings (SSSR count). The molecule has 6 nitrogen and oxygen atoms in total. The van der Waals surface area contributed by atoms with Crippen LogP contribution in [0, 0.1) is 25.2 Å². The number of hydrogen-bond donors (Lipinski definition) is 2. The molecule has 0 aliphatic rings. The lowest BCUT2D eigenvalue weighted by Crippen LogP contribution is -2.21. The van der Waals surface area contributed by atoms with Gasteiger partial charge in [0.1, 0.15) is 17.4 Å². The van der Waals surface area contributed by atoms with E-state index in [1.165, 1.54) is 6.08 Å². The second-order valence-corrected chi connectivity index (χ2v) is 8.24. The summed E-state index contributed by atoms with van der Waals surface area (Å²) in [5.74, 6) is -0.488. The first-order valence-corrected chi connectivity index (χ1v) is 10.9.